The van der Waals surface area contributed by atoms with Gasteiger partial charge in [0, 0.05) is 0 Å². The molecule has 0 bridgehead atoms. The fraction of sp³-hybridized carbons (Fsp3) is 0.684. The maximum absolute atomic E-state index is 10.3. The quantitative estimate of drug-likeness (QED) is 0.385. The molecule has 0 saturated carbocycles. The van der Waals surface area contributed by atoms with Crippen molar-refractivity contribution in [3.05, 3.63) is 35.9 Å². The van der Waals surface area contributed by atoms with Gasteiger partial charge in [-0.3, -0.25) is 0 Å². The number of alkyl halides is 1. The molecule has 2 rings (SSSR count). The van der Waals surface area contributed by atoms with E-state index in [1.54, 1.807) is 0 Å². The van der Waals surface area contributed by atoms with Gasteiger partial charge in [0.1, 0.15) is 6.10 Å². The van der Waals surface area contributed by atoms with E-state index in [1.807, 2.05) is 25.1 Å². The Bertz CT molecular complexity index is 546. The van der Waals surface area contributed by atoms with Gasteiger partial charge in [-0.1, -0.05) is 73.7 Å². The molecule has 0 radical (unpaired) electrons. The van der Waals surface area contributed by atoms with E-state index in [0.717, 1.165) is 5.56 Å². The first kappa shape index (κ1) is 21.3. The lowest BCUT2D eigenvalue weighted by Gasteiger charge is -2.47. The molecule has 1 aliphatic rings. The van der Waals surface area contributed by atoms with Gasteiger partial charge >= 0.3 is 0 Å². The Morgan fingerprint density at radius 2 is 1.76 bits per heavy atom. The van der Waals surface area contributed by atoms with Crippen LogP contribution in [-0.2, 0) is 20.5 Å². The second kappa shape index (κ2) is 8.35. The second-order valence-electron chi connectivity index (χ2n) is 8.28. The molecule has 1 unspecified atom stereocenters. The molecular formula is C19H31IO4Si. The van der Waals surface area contributed by atoms with Crippen LogP contribution in [0.2, 0.25) is 18.1 Å². The van der Waals surface area contributed by atoms with Crippen molar-refractivity contribution in [1.29, 1.82) is 0 Å². The van der Waals surface area contributed by atoms with Gasteiger partial charge in [-0.25, -0.2) is 0 Å². The van der Waals surface area contributed by atoms with Crippen LogP contribution >= 0.6 is 22.6 Å². The van der Waals surface area contributed by atoms with E-state index in [4.69, 9.17) is 13.9 Å². The maximum Gasteiger partial charge on any atom is 0.192 e. The topological polar surface area (TPSA) is 47.9 Å². The van der Waals surface area contributed by atoms with E-state index >= 15 is 0 Å². The summed E-state index contributed by atoms with van der Waals surface area (Å²) in [5.41, 5.74) is 1.12. The lowest BCUT2D eigenvalue weighted by Crippen LogP contribution is -2.60. The third kappa shape index (κ3) is 5.26. The molecule has 1 fully saturated rings. The predicted octanol–water partition coefficient (Wildman–Crippen LogP) is 4.50. The van der Waals surface area contributed by atoms with E-state index in [9.17, 15) is 5.11 Å². The Morgan fingerprint density at radius 3 is 2.32 bits per heavy atom. The number of hydrogen-bond acceptors (Lipinski definition) is 4. The number of aliphatic hydroxyl groups is 1. The number of rotatable bonds is 5. The summed E-state index contributed by atoms with van der Waals surface area (Å²) < 4.78 is 18.4. The van der Waals surface area contributed by atoms with E-state index in [2.05, 4.69) is 68.6 Å². The van der Waals surface area contributed by atoms with Crippen molar-refractivity contribution in [1.82, 2.24) is 0 Å². The predicted molar refractivity (Wildman–Crippen MR) is 111 cm³/mol. The van der Waals surface area contributed by atoms with Crippen LogP contribution in [-0.4, -0.2) is 42.0 Å². The van der Waals surface area contributed by atoms with Crippen molar-refractivity contribution >= 4 is 30.9 Å². The van der Waals surface area contributed by atoms with Crippen molar-refractivity contribution in [3.63, 3.8) is 0 Å². The molecule has 0 spiro atoms. The van der Waals surface area contributed by atoms with Crippen LogP contribution in [0.3, 0.4) is 0 Å². The van der Waals surface area contributed by atoms with Gasteiger partial charge in [0.2, 0.25) is 0 Å². The van der Waals surface area contributed by atoms with Crippen LogP contribution in [0, 0.1) is 0 Å². The Labute approximate surface area is 166 Å². The maximum atomic E-state index is 10.3. The Hall–Kier alpha value is 0.00688. The summed E-state index contributed by atoms with van der Waals surface area (Å²) in [6.45, 7) is 13.6. The first-order chi connectivity index (χ1) is 11.5. The summed E-state index contributed by atoms with van der Waals surface area (Å²) in [6, 6.07) is 10.1. The molecular weight excluding hydrogens is 447 g/mol. The van der Waals surface area contributed by atoms with Crippen molar-refractivity contribution in [2.24, 2.45) is 0 Å². The van der Waals surface area contributed by atoms with Gasteiger partial charge in [-0.2, -0.15) is 0 Å². The Balaban J connectivity index is 2.17. The zero-order valence-electron chi connectivity index (χ0n) is 16.0. The molecule has 1 saturated heterocycles. The lowest BCUT2D eigenvalue weighted by molar-refractivity contribution is -0.230. The van der Waals surface area contributed by atoms with Crippen LogP contribution in [0.5, 0.6) is 0 Å². The largest absolute Gasteiger partial charge is 0.410 e. The minimum atomic E-state index is -1.99. The molecule has 5 atom stereocenters. The van der Waals surface area contributed by atoms with Crippen molar-refractivity contribution in [2.45, 2.75) is 81.0 Å². The molecule has 4 nitrogen and oxygen atoms in total. The van der Waals surface area contributed by atoms with Crippen LogP contribution in [0.15, 0.2) is 30.3 Å². The zero-order chi connectivity index (χ0) is 18.8. The second-order valence-corrected chi connectivity index (χ2v) is 14.5. The zero-order valence-corrected chi connectivity index (χ0v) is 19.2. The molecule has 1 aromatic carbocycles. The number of hydrogen-bond donors (Lipinski definition) is 1. The minimum Gasteiger partial charge on any atom is -0.410 e. The number of aliphatic hydroxyl groups excluding tert-OH is 1. The third-order valence-corrected chi connectivity index (χ3v) is 11.0. The standard InChI is InChI=1S/C19H31IO4Si/c1-13-16(22-12-14-10-8-7-9-11-14)17(15(20)18(21)23-13)24-25(5,6)19(2,3)4/h7-11,13,15-18,21H,12H2,1-6H3/t13-,15-,16-,17-,18?/m1/s1. The summed E-state index contributed by atoms with van der Waals surface area (Å²) in [4.78, 5) is 0. The molecule has 25 heavy (non-hydrogen) atoms. The molecule has 1 heterocycles. The van der Waals surface area contributed by atoms with Crippen LogP contribution in [0.1, 0.15) is 33.3 Å². The SMILES string of the molecule is C[C@H]1OC(O)[C@H](I)[C@@H](O[Si](C)(C)C(C)(C)C)[C@@H]1OCc1ccccc1. The smallest absolute Gasteiger partial charge is 0.192 e. The lowest BCUT2D eigenvalue weighted by atomic mass is 10.0. The highest BCUT2D eigenvalue weighted by molar-refractivity contribution is 14.1. The monoisotopic (exact) mass is 478 g/mol. The minimum absolute atomic E-state index is 0.0971. The number of benzene rings is 1. The van der Waals surface area contributed by atoms with Crippen molar-refractivity contribution in [2.75, 3.05) is 0 Å². The summed E-state index contributed by atoms with van der Waals surface area (Å²) in [6.07, 6.45) is -1.45. The van der Waals surface area contributed by atoms with Gasteiger partial charge in [0.05, 0.1) is 22.7 Å². The van der Waals surface area contributed by atoms with Gasteiger partial charge in [0.15, 0.2) is 14.6 Å². The molecule has 142 valence electrons. The van der Waals surface area contributed by atoms with E-state index < -0.39 is 14.6 Å². The molecule has 0 aliphatic carbocycles. The highest BCUT2D eigenvalue weighted by Gasteiger charge is 2.49. The van der Waals surface area contributed by atoms with Gasteiger partial charge < -0.3 is 19.0 Å². The Kier molecular flexibility index (Phi) is 7.12. The molecule has 6 heteroatoms. The summed E-state index contributed by atoms with van der Waals surface area (Å²) in [7, 11) is -1.99. The summed E-state index contributed by atoms with van der Waals surface area (Å²) >= 11 is 2.23. The van der Waals surface area contributed by atoms with Gasteiger partial charge in [-0.05, 0) is 30.6 Å². The molecule has 0 amide bonds. The summed E-state index contributed by atoms with van der Waals surface area (Å²) in [5.74, 6) is 0. The van der Waals surface area contributed by atoms with Gasteiger partial charge in [-0.15, -0.1) is 0 Å². The first-order valence-corrected chi connectivity index (χ1v) is 13.0. The number of halogens is 1. The Morgan fingerprint density at radius 1 is 1.16 bits per heavy atom. The van der Waals surface area contributed by atoms with Gasteiger partial charge in [0.25, 0.3) is 0 Å². The fourth-order valence-corrected chi connectivity index (χ4v) is 4.95. The average Bonchev–Trinajstić information content (AvgIpc) is 2.51. The molecule has 1 N–H and O–H groups in total. The highest BCUT2D eigenvalue weighted by atomic mass is 127. The van der Waals surface area contributed by atoms with E-state index in [1.165, 1.54) is 0 Å². The third-order valence-electron chi connectivity index (χ3n) is 5.25. The molecule has 1 aromatic rings. The van der Waals surface area contributed by atoms with Crippen LogP contribution in [0.25, 0.3) is 0 Å². The van der Waals surface area contributed by atoms with E-state index in [-0.39, 0.29) is 27.3 Å². The van der Waals surface area contributed by atoms with Crippen LogP contribution < -0.4 is 0 Å². The van der Waals surface area contributed by atoms with Crippen molar-refractivity contribution in [3.8, 4) is 0 Å². The summed E-state index contributed by atoms with van der Waals surface area (Å²) in [5, 5.41) is 10.4. The fourth-order valence-electron chi connectivity index (χ4n) is 2.63. The van der Waals surface area contributed by atoms with E-state index in [0.29, 0.717) is 6.61 Å². The van der Waals surface area contributed by atoms with Crippen molar-refractivity contribution < 1.29 is 19.0 Å². The average molecular weight is 478 g/mol. The normalized spacial score (nSPS) is 31.1. The number of ether oxygens (including phenoxy) is 2. The highest BCUT2D eigenvalue weighted by Crippen LogP contribution is 2.41. The molecule has 1 aliphatic heterocycles. The van der Waals surface area contributed by atoms with Crippen LogP contribution in [0.4, 0.5) is 0 Å². The first-order valence-electron chi connectivity index (χ1n) is 8.84. The molecule has 0 aromatic heterocycles.